The molecule has 0 radical (unpaired) electrons. The first-order chi connectivity index (χ1) is 10.1. The highest BCUT2D eigenvalue weighted by molar-refractivity contribution is 7.90. The second-order valence-electron chi connectivity index (χ2n) is 5.38. The van der Waals surface area contributed by atoms with Crippen molar-refractivity contribution in [1.82, 2.24) is 4.31 Å². The molecule has 1 fully saturated rings. The van der Waals surface area contributed by atoms with Crippen LogP contribution >= 0.6 is 0 Å². The van der Waals surface area contributed by atoms with Gasteiger partial charge in [-0.1, -0.05) is 18.2 Å². The molecule has 116 valence electrons. The Morgan fingerprint density at radius 3 is 2.67 bits per heavy atom. The number of anilines is 1. The van der Waals surface area contributed by atoms with Crippen molar-refractivity contribution < 1.29 is 13.2 Å². The summed E-state index contributed by atoms with van der Waals surface area (Å²) in [6.07, 6.45) is 0.798. The van der Waals surface area contributed by atoms with Gasteiger partial charge in [0.05, 0.1) is 18.9 Å². The maximum Gasteiger partial charge on any atom is 0.304 e. The molecule has 0 aromatic heterocycles. The molecule has 0 bridgehead atoms. The van der Waals surface area contributed by atoms with E-state index in [0.717, 1.165) is 17.7 Å². The van der Waals surface area contributed by atoms with E-state index >= 15 is 0 Å². The van der Waals surface area contributed by atoms with E-state index in [4.69, 9.17) is 10.5 Å². The van der Waals surface area contributed by atoms with Crippen LogP contribution in [0, 0.1) is 0 Å². The van der Waals surface area contributed by atoms with Crippen LogP contribution in [0.4, 0.5) is 5.69 Å². The SMILES string of the molecule is NCCC1CN(S(=O)(=O)N2CCOCC2)c2ccccc21. The smallest absolute Gasteiger partial charge is 0.304 e. The molecule has 1 saturated heterocycles. The van der Waals surface area contributed by atoms with Gasteiger partial charge in [-0.2, -0.15) is 12.7 Å². The zero-order chi connectivity index (χ0) is 14.9. The van der Waals surface area contributed by atoms with Crippen molar-refractivity contribution in [2.75, 3.05) is 43.7 Å². The van der Waals surface area contributed by atoms with Gasteiger partial charge in [0.1, 0.15) is 0 Å². The van der Waals surface area contributed by atoms with Gasteiger partial charge in [0, 0.05) is 25.6 Å². The van der Waals surface area contributed by atoms with Crippen LogP contribution in [0.2, 0.25) is 0 Å². The number of ether oxygens (including phenoxy) is 1. The third-order valence-corrected chi connectivity index (χ3v) is 6.04. The van der Waals surface area contributed by atoms with E-state index in [1.54, 1.807) is 0 Å². The van der Waals surface area contributed by atoms with Crippen LogP contribution in [0.15, 0.2) is 24.3 Å². The fourth-order valence-corrected chi connectivity index (χ4v) is 4.71. The summed E-state index contributed by atoms with van der Waals surface area (Å²) >= 11 is 0. The minimum absolute atomic E-state index is 0.182. The van der Waals surface area contributed by atoms with E-state index in [-0.39, 0.29) is 5.92 Å². The third-order valence-electron chi connectivity index (χ3n) is 4.12. The summed E-state index contributed by atoms with van der Waals surface area (Å²) in [6, 6.07) is 7.72. The Balaban J connectivity index is 1.92. The van der Waals surface area contributed by atoms with Gasteiger partial charge in [0.15, 0.2) is 0 Å². The van der Waals surface area contributed by atoms with Gasteiger partial charge < -0.3 is 10.5 Å². The third kappa shape index (κ3) is 2.66. The average molecular weight is 311 g/mol. The highest BCUT2D eigenvalue weighted by Crippen LogP contribution is 2.39. The number of benzene rings is 1. The highest BCUT2D eigenvalue weighted by Gasteiger charge is 2.38. The van der Waals surface area contributed by atoms with Crippen molar-refractivity contribution in [3.8, 4) is 0 Å². The minimum atomic E-state index is -3.48. The lowest BCUT2D eigenvalue weighted by Gasteiger charge is -2.31. The number of morpholine rings is 1. The molecule has 2 aliphatic heterocycles. The quantitative estimate of drug-likeness (QED) is 0.879. The van der Waals surface area contributed by atoms with Gasteiger partial charge in [0.2, 0.25) is 0 Å². The van der Waals surface area contributed by atoms with Crippen LogP contribution in [0.5, 0.6) is 0 Å². The van der Waals surface area contributed by atoms with E-state index in [1.807, 2.05) is 24.3 Å². The fourth-order valence-electron chi connectivity index (χ4n) is 3.04. The minimum Gasteiger partial charge on any atom is -0.379 e. The first-order valence-electron chi connectivity index (χ1n) is 7.29. The molecule has 0 aliphatic carbocycles. The molecule has 1 unspecified atom stereocenters. The summed E-state index contributed by atoms with van der Waals surface area (Å²) in [5, 5.41) is 0. The number of nitrogens with zero attached hydrogens (tertiary/aromatic N) is 2. The van der Waals surface area contributed by atoms with E-state index in [2.05, 4.69) is 0 Å². The molecule has 0 saturated carbocycles. The van der Waals surface area contributed by atoms with Gasteiger partial charge in [-0.05, 0) is 24.6 Å². The predicted molar refractivity (Wildman–Crippen MR) is 81.5 cm³/mol. The Morgan fingerprint density at radius 2 is 1.95 bits per heavy atom. The van der Waals surface area contributed by atoms with Gasteiger partial charge >= 0.3 is 10.2 Å². The summed E-state index contributed by atoms with van der Waals surface area (Å²) in [6.45, 7) is 2.80. The van der Waals surface area contributed by atoms with Gasteiger partial charge in [-0.25, -0.2) is 0 Å². The Hall–Kier alpha value is -1.15. The maximum atomic E-state index is 12.9. The van der Waals surface area contributed by atoms with Crippen LogP contribution in [0.3, 0.4) is 0 Å². The van der Waals surface area contributed by atoms with E-state index < -0.39 is 10.2 Å². The van der Waals surface area contributed by atoms with Gasteiger partial charge in [-0.15, -0.1) is 0 Å². The zero-order valence-corrected chi connectivity index (χ0v) is 12.8. The number of para-hydroxylation sites is 1. The van der Waals surface area contributed by atoms with Gasteiger partial charge in [-0.3, -0.25) is 4.31 Å². The lowest BCUT2D eigenvalue weighted by Crippen LogP contribution is -2.48. The molecule has 3 rings (SSSR count). The molecule has 2 aliphatic rings. The topological polar surface area (TPSA) is 75.9 Å². The van der Waals surface area contributed by atoms with Crippen LogP contribution in [0.25, 0.3) is 0 Å². The maximum absolute atomic E-state index is 12.9. The zero-order valence-electron chi connectivity index (χ0n) is 11.9. The molecule has 2 heterocycles. The van der Waals surface area contributed by atoms with Crippen molar-refractivity contribution in [2.45, 2.75) is 12.3 Å². The number of fused-ring (bicyclic) bond motifs is 1. The summed E-state index contributed by atoms with van der Waals surface area (Å²) in [5.74, 6) is 0.182. The van der Waals surface area contributed by atoms with E-state index in [0.29, 0.717) is 39.4 Å². The second kappa shape index (κ2) is 5.92. The molecular weight excluding hydrogens is 290 g/mol. The standard InChI is InChI=1S/C14H21N3O3S/c15-6-5-12-11-17(14-4-2-1-3-13(12)14)21(18,19)16-7-9-20-10-8-16/h1-4,12H,5-11,15H2. The summed E-state index contributed by atoms with van der Waals surface area (Å²) < 4.78 is 34.0. The molecule has 0 amide bonds. The van der Waals surface area contributed by atoms with Crippen molar-refractivity contribution in [3.63, 3.8) is 0 Å². The Kier molecular flexibility index (Phi) is 4.17. The van der Waals surface area contributed by atoms with Crippen LogP contribution < -0.4 is 10.0 Å². The molecule has 7 heteroatoms. The van der Waals surface area contributed by atoms with Crippen LogP contribution in [-0.4, -0.2) is 52.1 Å². The number of hydrogen-bond acceptors (Lipinski definition) is 4. The number of nitrogens with two attached hydrogens (primary N) is 1. The molecule has 0 spiro atoms. The van der Waals surface area contributed by atoms with Crippen LogP contribution in [-0.2, 0) is 14.9 Å². The molecule has 6 nitrogen and oxygen atoms in total. The molecule has 21 heavy (non-hydrogen) atoms. The van der Waals surface area contributed by atoms with Gasteiger partial charge in [0.25, 0.3) is 0 Å². The lowest BCUT2D eigenvalue weighted by molar-refractivity contribution is 0.0729. The monoisotopic (exact) mass is 311 g/mol. The predicted octanol–water partition coefficient (Wildman–Crippen LogP) is 0.516. The second-order valence-corrected chi connectivity index (χ2v) is 7.24. The lowest BCUT2D eigenvalue weighted by atomic mass is 9.98. The molecular formula is C14H21N3O3S. The highest BCUT2D eigenvalue weighted by atomic mass is 32.2. The van der Waals surface area contributed by atoms with E-state index in [1.165, 1.54) is 8.61 Å². The van der Waals surface area contributed by atoms with Crippen LogP contribution in [0.1, 0.15) is 17.9 Å². The Morgan fingerprint density at radius 1 is 1.24 bits per heavy atom. The average Bonchev–Trinajstić information content (AvgIpc) is 2.88. The first-order valence-corrected chi connectivity index (χ1v) is 8.69. The van der Waals surface area contributed by atoms with Crippen molar-refractivity contribution >= 4 is 15.9 Å². The molecule has 1 atom stereocenters. The molecule has 1 aromatic rings. The fraction of sp³-hybridized carbons (Fsp3) is 0.571. The number of hydrogen-bond donors (Lipinski definition) is 1. The number of rotatable bonds is 4. The van der Waals surface area contributed by atoms with Crippen molar-refractivity contribution in [3.05, 3.63) is 29.8 Å². The Labute approximate surface area is 125 Å². The molecule has 2 N–H and O–H groups in total. The van der Waals surface area contributed by atoms with Crippen molar-refractivity contribution in [2.24, 2.45) is 5.73 Å². The summed E-state index contributed by atoms with van der Waals surface area (Å²) in [4.78, 5) is 0. The summed E-state index contributed by atoms with van der Waals surface area (Å²) in [7, 11) is -3.48. The largest absolute Gasteiger partial charge is 0.379 e. The first kappa shape index (κ1) is 14.8. The molecule has 1 aromatic carbocycles. The van der Waals surface area contributed by atoms with Crippen molar-refractivity contribution in [1.29, 1.82) is 0 Å². The Bertz CT molecular complexity index is 599. The normalized spacial score (nSPS) is 23.3. The van der Waals surface area contributed by atoms with E-state index in [9.17, 15) is 8.42 Å². The summed E-state index contributed by atoms with van der Waals surface area (Å²) in [5.41, 5.74) is 7.54.